The molecule has 8 heteroatoms. The number of nitrogens with zero attached hydrogens (tertiary/aromatic N) is 1. The zero-order valence-electron chi connectivity index (χ0n) is 14.4. The molecule has 0 spiro atoms. The molecule has 1 saturated heterocycles. The fourth-order valence-electron chi connectivity index (χ4n) is 2.63. The Balaban J connectivity index is 1.50. The van der Waals surface area contributed by atoms with Gasteiger partial charge in [-0.05, 0) is 52.4 Å². The number of hydrogen-bond acceptors (Lipinski definition) is 4. The molecular weight excluding hydrogens is 461 g/mol. The molecule has 1 aliphatic rings. The van der Waals surface area contributed by atoms with Crippen molar-refractivity contribution in [2.45, 2.75) is 6.54 Å². The lowest BCUT2D eigenvalue weighted by molar-refractivity contribution is -0.120. The van der Waals surface area contributed by atoms with Crippen LogP contribution in [0.25, 0.3) is 0 Å². The minimum Gasteiger partial charge on any atom is -0.447 e. The number of anilines is 1. The van der Waals surface area contributed by atoms with Crippen molar-refractivity contribution in [3.05, 3.63) is 63.2 Å². The largest absolute Gasteiger partial charge is 0.447 e. The van der Waals surface area contributed by atoms with Crippen LogP contribution in [0.3, 0.4) is 0 Å². The van der Waals surface area contributed by atoms with Gasteiger partial charge in [-0.3, -0.25) is 14.5 Å². The maximum Gasteiger partial charge on any atom is 0.414 e. The third kappa shape index (κ3) is 4.97. The number of cyclic esters (lactones) is 1. The standard InChI is InChI=1S/C19H18IN3O4/c20-16-7-2-1-6-15(16)18(25)22-12-17(24)21-11-13-4-3-5-14(10-13)23-8-9-27-19(23)26/h1-7,10H,8-9,11-12H2,(H,21,24)(H,22,25). The maximum absolute atomic E-state index is 12.1. The predicted molar refractivity (Wildman–Crippen MR) is 108 cm³/mol. The van der Waals surface area contributed by atoms with Gasteiger partial charge in [0.2, 0.25) is 5.91 Å². The summed E-state index contributed by atoms with van der Waals surface area (Å²) in [6, 6.07) is 14.5. The summed E-state index contributed by atoms with van der Waals surface area (Å²) in [5, 5.41) is 5.37. The van der Waals surface area contributed by atoms with Crippen molar-refractivity contribution in [3.8, 4) is 0 Å². The van der Waals surface area contributed by atoms with Crippen molar-refractivity contribution in [1.29, 1.82) is 0 Å². The van der Waals surface area contributed by atoms with Gasteiger partial charge in [0.05, 0.1) is 18.7 Å². The summed E-state index contributed by atoms with van der Waals surface area (Å²) in [5.74, 6) is -0.579. The van der Waals surface area contributed by atoms with Crippen LogP contribution in [0.5, 0.6) is 0 Å². The van der Waals surface area contributed by atoms with Gasteiger partial charge in [-0.2, -0.15) is 0 Å². The number of amides is 3. The number of carbonyl (C=O) groups excluding carboxylic acids is 3. The highest BCUT2D eigenvalue weighted by Crippen LogP contribution is 2.19. The second kappa shape index (κ2) is 8.85. The zero-order chi connectivity index (χ0) is 19.2. The van der Waals surface area contributed by atoms with E-state index in [-0.39, 0.29) is 24.5 Å². The molecule has 2 aromatic rings. The Kier molecular flexibility index (Phi) is 6.28. The van der Waals surface area contributed by atoms with Crippen LogP contribution < -0.4 is 15.5 Å². The summed E-state index contributed by atoms with van der Waals surface area (Å²) in [7, 11) is 0. The first-order valence-electron chi connectivity index (χ1n) is 8.37. The molecule has 1 aliphatic heterocycles. The molecule has 3 amide bonds. The van der Waals surface area contributed by atoms with Gasteiger partial charge in [-0.25, -0.2) is 4.79 Å². The molecule has 0 unspecified atom stereocenters. The molecule has 0 atom stereocenters. The molecule has 0 saturated carbocycles. The van der Waals surface area contributed by atoms with E-state index in [1.807, 2.05) is 36.4 Å². The molecule has 0 radical (unpaired) electrons. The van der Waals surface area contributed by atoms with Gasteiger partial charge in [0, 0.05) is 15.8 Å². The monoisotopic (exact) mass is 479 g/mol. The molecule has 7 nitrogen and oxygen atoms in total. The summed E-state index contributed by atoms with van der Waals surface area (Å²) in [4.78, 5) is 37.3. The predicted octanol–water partition coefficient (Wildman–Crippen LogP) is 2.29. The quantitative estimate of drug-likeness (QED) is 0.623. The van der Waals surface area contributed by atoms with E-state index < -0.39 is 0 Å². The summed E-state index contributed by atoms with van der Waals surface area (Å²) >= 11 is 2.08. The number of nitrogens with one attached hydrogen (secondary N) is 2. The number of carbonyl (C=O) groups is 3. The van der Waals surface area contributed by atoms with E-state index in [1.165, 1.54) is 0 Å². The third-order valence-electron chi connectivity index (χ3n) is 4.00. The fraction of sp³-hybridized carbons (Fsp3) is 0.211. The molecule has 3 rings (SSSR count). The fourth-order valence-corrected chi connectivity index (χ4v) is 3.26. The second-order valence-corrected chi connectivity index (χ2v) is 7.04. The first-order chi connectivity index (χ1) is 13.0. The highest BCUT2D eigenvalue weighted by molar-refractivity contribution is 14.1. The average Bonchev–Trinajstić information content (AvgIpc) is 3.11. The van der Waals surface area contributed by atoms with Crippen LogP contribution in [0.2, 0.25) is 0 Å². The van der Waals surface area contributed by atoms with Crippen LogP contribution in [0.1, 0.15) is 15.9 Å². The third-order valence-corrected chi connectivity index (χ3v) is 4.94. The number of ether oxygens (including phenoxy) is 1. The molecule has 2 aromatic carbocycles. The van der Waals surface area contributed by atoms with Gasteiger partial charge in [0.1, 0.15) is 6.61 Å². The minimum absolute atomic E-state index is 0.109. The molecule has 0 aromatic heterocycles. The zero-order valence-corrected chi connectivity index (χ0v) is 16.6. The van der Waals surface area contributed by atoms with Gasteiger partial charge < -0.3 is 15.4 Å². The lowest BCUT2D eigenvalue weighted by Crippen LogP contribution is -2.36. The summed E-state index contributed by atoms with van der Waals surface area (Å²) in [6.07, 6.45) is -0.366. The Morgan fingerprint density at radius 2 is 1.93 bits per heavy atom. The highest BCUT2D eigenvalue weighted by atomic mass is 127. The SMILES string of the molecule is O=C(CNC(=O)c1ccccc1I)NCc1cccc(N2CCOC2=O)c1. The van der Waals surface area contributed by atoms with Gasteiger partial charge in [0.25, 0.3) is 5.91 Å². The normalized spacial score (nSPS) is 13.2. The van der Waals surface area contributed by atoms with E-state index >= 15 is 0 Å². The topological polar surface area (TPSA) is 87.7 Å². The number of rotatable bonds is 6. The molecule has 0 aliphatic carbocycles. The molecule has 0 bridgehead atoms. The molecule has 27 heavy (non-hydrogen) atoms. The number of benzene rings is 2. The summed E-state index contributed by atoms with van der Waals surface area (Å²) < 4.78 is 5.76. The van der Waals surface area contributed by atoms with Crippen LogP contribution in [-0.4, -0.2) is 37.6 Å². The van der Waals surface area contributed by atoms with E-state index in [9.17, 15) is 14.4 Å². The molecule has 2 N–H and O–H groups in total. The smallest absolute Gasteiger partial charge is 0.414 e. The second-order valence-electron chi connectivity index (χ2n) is 5.88. The van der Waals surface area contributed by atoms with E-state index in [1.54, 1.807) is 17.0 Å². The van der Waals surface area contributed by atoms with Gasteiger partial charge in [-0.15, -0.1) is 0 Å². The van der Waals surface area contributed by atoms with Crippen LogP contribution in [0, 0.1) is 3.57 Å². The number of hydrogen-bond donors (Lipinski definition) is 2. The molecular formula is C19H18IN3O4. The van der Waals surface area contributed by atoms with Gasteiger partial charge in [0.15, 0.2) is 0 Å². The molecule has 140 valence electrons. The van der Waals surface area contributed by atoms with Crippen molar-refractivity contribution in [2.24, 2.45) is 0 Å². The molecule has 1 fully saturated rings. The van der Waals surface area contributed by atoms with Crippen molar-refractivity contribution >= 4 is 46.2 Å². The van der Waals surface area contributed by atoms with Crippen molar-refractivity contribution in [2.75, 3.05) is 24.6 Å². The Hall–Kier alpha value is -2.62. The lowest BCUT2D eigenvalue weighted by atomic mass is 10.2. The molecule has 1 heterocycles. The van der Waals surface area contributed by atoms with Crippen molar-refractivity contribution < 1.29 is 19.1 Å². The van der Waals surface area contributed by atoms with Crippen molar-refractivity contribution in [1.82, 2.24) is 10.6 Å². The lowest BCUT2D eigenvalue weighted by Gasteiger charge is -2.14. The van der Waals surface area contributed by atoms with Crippen LogP contribution in [0.15, 0.2) is 48.5 Å². The van der Waals surface area contributed by atoms with E-state index in [0.717, 1.165) is 14.8 Å². The Morgan fingerprint density at radius 1 is 1.11 bits per heavy atom. The van der Waals surface area contributed by atoms with Crippen molar-refractivity contribution in [3.63, 3.8) is 0 Å². The highest BCUT2D eigenvalue weighted by Gasteiger charge is 2.23. The van der Waals surface area contributed by atoms with Gasteiger partial charge in [-0.1, -0.05) is 24.3 Å². The number of halogens is 1. The summed E-state index contributed by atoms with van der Waals surface area (Å²) in [5.41, 5.74) is 2.12. The summed E-state index contributed by atoms with van der Waals surface area (Å²) in [6.45, 7) is 1.08. The van der Waals surface area contributed by atoms with E-state index in [0.29, 0.717) is 25.3 Å². The van der Waals surface area contributed by atoms with E-state index in [4.69, 9.17) is 4.74 Å². The maximum atomic E-state index is 12.1. The first-order valence-corrected chi connectivity index (χ1v) is 9.45. The Morgan fingerprint density at radius 3 is 2.67 bits per heavy atom. The minimum atomic E-state index is -0.366. The van der Waals surface area contributed by atoms with Crippen LogP contribution >= 0.6 is 22.6 Å². The average molecular weight is 479 g/mol. The van der Waals surface area contributed by atoms with Gasteiger partial charge >= 0.3 is 6.09 Å². The van der Waals surface area contributed by atoms with Crippen LogP contribution in [0.4, 0.5) is 10.5 Å². The van der Waals surface area contributed by atoms with Crippen LogP contribution in [-0.2, 0) is 16.1 Å². The first kappa shape index (κ1) is 19.2. The van der Waals surface area contributed by atoms with E-state index in [2.05, 4.69) is 33.2 Å². The Bertz CT molecular complexity index is 872. The Labute approximate surface area is 170 Å².